The van der Waals surface area contributed by atoms with E-state index in [4.69, 9.17) is 4.74 Å². The highest BCUT2D eigenvalue weighted by atomic mass is 19.2. The summed E-state index contributed by atoms with van der Waals surface area (Å²) in [5, 5.41) is 14.5. The summed E-state index contributed by atoms with van der Waals surface area (Å²) in [4.78, 5) is 11.9. The molecule has 0 radical (unpaired) electrons. The molecule has 1 unspecified atom stereocenters. The quantitative estimate of drug-likeness (QED) is 0.633. The van der Waals surface area contributed by atoms with Gasteiger partial charge in [-0.25, -0.2) is 18.0 Å². The lowest BCUT2D eigenvalue weighted by atomic mass is 10.0. The Morgan fingerprint density at radius 3 is 2.46 bits per heavy atom. The normalized spacial score (nSPS) is 16.5. The van der Waals surface area contributed by atoms with Gasteiger partial charge in [-0.1, -0.05) is 0 Å². The van der Waals surface area contributed by atoms with Gasteiger partial charge < -0.3 is 20.5 Å². The van der Waals surface area contributed by atoms with Crippen LogP contribution >= 0.6 is 0 Å². The van der Waals surface area contributed by atoms with Crippen LogP contribution in [0.4, 0.5) is 18.0 Å². The number of hydrogen-bond donors (Lipinski definition) is 3. The number of aliphatic hydroxyl groups excluding tert-OH is 1. The summed E-state index contributed by atoms with van der Waals surface area (Å²) < 4.78 is 44.5. The first-order chi connectivity index (χ1) is 11.4. The van der Waals surface area contributed by atoms with Crippen molar-refractivity contribution in [1.29, 1.82) is 0 Å². The fourth-order valence-corrected chi connectivity index (χ4v) is 2.50. The van der Waals surface area contributed by atoms with Crippen LogP contribution in [-0.2, 0) is 4.74 Å². The topological polar surface area (TPSA) is 70.6 Å². The molecule has 0 aromatic heterocycles. The number of amides is 2. The van der Waals surface area contributed by atoms with Crippen LogP contribution in [0.1, 0.15) is 30.9 Å². The van der Waals surface area contributed by atoms with E-state index in [1.54, 1.807) is 7.11 Å². The highest BCUT2D eigenvalue weighted by Crippen LogP contribution is 2.48. The van der Waals surface area contributed by atoms with Crippen molar-refractivity contribution in [2.75, 3.05) is 26.9 Å². The smallest absolute Gasteiger partial charge is 0.315 e. The zero-order valence-corrected chi connectivity index (χ0v) is 13.4. The minimum Gasteiger partial charge on any atom is -0.394 e. The molecule has 134 valence electrons. The monoisotopic (exact) mass is 346 g/mol. The Morgan fingerprint density at radius 1 is 1.33 bits per heavy atom. The molecule has 0 spiro atoms. The van der Waals surface area contributed by atoms with E-state index in [1.807, 2.05) is 0 Å². The van der Waals surface area contributed by atoms with Gasteiger partial charge in [0, 0.05) is 20.3 Å². The number of nitrogens with one attached hydrogen (secondary N) is 2. The van der Waals surface area contributed by atoms with Crippen molar-refractivity contribution in [3.8, 4) is 0 Å². The fourth-order valence-electron chi connectivity index (χ4n) is 2.50. The number of urea groups is 1. The lowest BCUT2D eigenvalue weighted by Crippen LogP contribution is -2.41. The third-order valence-electron chi connectivity index (χ3n) is 4.31. The minimum absolute atomic E-state index is 0.0379. The molecule has 2 amide bonds. The number of carbonyl (C=O) groups is 1. The van der Waals surface area contributed by atoms with Crippen LogP contribution in [-0.4, -0.2) is 38.0 Å². The Hall–Kier alpha value is -1.80. The number of aliphatic hydroxyl groups is 1. The highest BCUT2D eigenvalue weighted by Gasteiger charge is 2.42. The van der Waals surface area contributed by atoms with Gasteiger partial charge in [0.05, 0.1) is 12.6 Å². The Balaban J connectivity index is 1.92. The molecule has 3 N–H and O–H groups in total. The Kier molecular flexibility index (Phi) is 6.06. The molecule has 1 aromatic rings. The van der Waals surface area contributed by atoms with E-state index in [9.17, 15) is 23.1 Å². The number of carbonyl (C=O) groups excluding carboxylic acids is 1. The molecule has 1 aliphatic rings. The van der Waals surface area contributed by atoms with Crippen LogP contribution in [0.25, 0.3) is 0 Å². The predicted molar refractivity (Wildman–Crippen MR) is 80.8 cm³/mol. The van der Waals surface area contributed by atoms with Gasteiger partial charge in [0.2, 0.25) is 0 Å². The lowest BCUT2D eigenvalue weighted by molar-refractivity contribution is 0.170. The molecule has 1 saturated carbocycles. The molecule has 24 heavy (non-hydrogen) atoms. The van der Waals surface area contributed by atoms with Crippen LogP contribution in [0.15, 0.2) is 12.1 Å². The van der Waals surface area contributed by atoms with Gasteiger partial charge in [-0.05, 0) is 42.4 Å². The van der Waals surface area contributed by atoms with Gasteiger partial charge in [-0.3, -0.25) is 0 Å². The maximum Gasteiger partial charge on any atom is 0.315 e. The molecule has 0 bridgehead atoms. The highest BCUT2D eigenvalue weighted by molar-refractivity contribution is 5.74. The number of rotatable bonds is 8. The number of methoxy groups -OCH3 is 1. The molecular formula is C16H21F3N2O3. The van der Waals surface area contributed by atoms with Gasteiger partial charge in [0.25, 0.3) is 0 Å². The molecule has 1 aliphatic carbocycles. The molecule has 0 heterocycles. The third-order valence-corrected chi connectivity index (χ3v) is 4.31. The Bertz CT molecular complexity index is 571. The van der Waals surface area contributed by atoms with E-state index < -0.39 is 36.1 Å². The van der Waals surface area contributed by atoms with Crippen molar-refractivity contribution < 1.29 is 27.8 Å². The van der Waals surface area contributed by atoms with Crippen LogP contribution < -0.4 is 10.6 Å². The van der Waals surface area contributed by atoms with Gasteiger partial charge in [0.1, 0.15) is 0 Å². The summed E-state index contributed by atoms with van der Waals surface area (Å²) >= 11 is 0. The summed E-state index contributed by atoms with van der Waals surface area (Å²) in [5.41, 5.74) is -0.0135. The van der Waals surface area contributed by atoms with Gasteiger partial charge in [-0.15, -0.1) is 0 Å². The first-order valence-electron chi connectivity index (χ1n) is 7.69. The third kappa shape index (κ3) is 4.61. The molecular weight excluding hydrogens is 325 g/mol. The molecule has 1 fully saturated rings. The average Bonchev–Trinajstić information content (AvgIpc) is 3.34. The van der Waals surface area contributed by atoms with Crippen LogP contribution in [0, 0.1) is 22.9 Å². The zero-order chi connectivity index (χ0) is 17.7. The summed E-state index contributed by atoms with van der Waals surface area (Å²) in [7, 11) is 1.61. The second-order valence-corrected chi connectivity index (χ2v) is 6.10. The van der Waals surface area contributed by atoms with E-state index in [0.717, 1.165) is 31.4 Å². The lowest BCUT2D eigenvalue weighted by Gasteiger charge is -2.20. The van der Waals surface area contributed by atoms with Crippen molar-refractivity contribution in [3.05, 3.63) is 35.1 Å². The summed E-state index contributed by atoms with van der Waals surface area (Å²) in [6.07, 6.45) is 2.82. The predicted octanol–water partition coefficient (Wildman–Crippen LogP) is 2.25. The molecule has 8 heteroatoms. The number of halogens is 3. The van der Waals surface area contributed by atoms with Crippen molar-refractivity contribution in [2.24, 2.45) is 5.41 Å². The molecule has 0 saturated heterocycles. The van der Waals surface area contributed by atoms with E-state index in [0.29, 0.717) is 13.2 Å². The zero-order valence-electron chi connectivity index (χ0n) is 13.4. The molecule has 2 rings (SSSR count). The summed E-state index contributed by atoms with van der Waals surface area (Å²) in [6.45, 7) is 0.482. The van der Waals surface area contributed by atoms with Crippen LogP contribution in [0.2, 0.25) is 0 Å². The van der Waals surface area contributed by atoms with E-state index in [2.05, 4.69) is 10.6 Å². The van der Waals surface area contributed by atoms with Crippen molar-refractivity contribution in [3.63, 3.8) is 0 Å². The largest absolute Gasteiger partial charge is 0.394 e. The number of hydrogen-bond acceptors (Lipinski definition) is 3. The molecule has 0 aliphatic heterocycles. The SMILES string of the molecule is COCCC1(CNC(=O)NC(CO)c2cc(F)c(F)c(F)c2)CC1. The molecule has 1 aromatic carbocycles. The van der Waals surface area contributed by atoms with Crippen LogP contribution in [0.3, 0.4) is 0 Å². The van der Waals surface area contributed by atoms with E-state index in [1.165, 1.54) is 0 Å². The molecule has 1 atom stereocenters. The second kappa shape index (κ2) is 7.85. The first-order valence-corrected chi connectivity index (χ1v) is 7.69. The van der Waals surface area contributed by atoms with E-state index in [-0.39, 0.29) is 11.0 Å². The summed E-state index contributed by atoms with van der Waals surface area (Å²) in [6, 6.07) is -0.104. The van der Waals surface area contributed by atoms with Gasteiger partial charge in [-0.2, -0.15) is 0 Å². The Morgan fingerprint density at radius 2 is 1.96 bits per heavy atom. The minimum atomic E-state index is -1.59. The summed E-state index contributed by atoms with van der Waals surface area (Å²) in [5.74, 6) is -4.34. The maximum absolute atomic E-state index is 13.3. The number of benzene rings is 1. The fraction of sp³-hybridized carbons (Fsp3) is 0.562. The average molecular weight is 346 g/mol. The number of ether oxygens (including phenoxy) is 1. The van der Waals surface area contributed by atoms with Crippen LogP contribution in [0.5, 0.6) is 0 Å². The maximum atomic E-state index is 13.3. The van der Waals surface area contributed by atoms with Crippen molar-refractivity contribution in [1.82, 2.24) is 10.6 Å². The molecule has 5 nitrogen and oxygen atoms in total. The van der Waals surface area contributed by atoms with Crippen molar-refractivity contribution >= 4 is 6.03 Å². The van der Waals surface area contributed by atoms with Gasteiger partial charge in [0.15, 0.2) is 17.5 Å². The van der Waals surface area contributed by atoms with E-state index >= 15 is 0 Å². The van der Waals surface area contributed by atoms with Crippen molar-refractivity contribution in [2.45, 2.75) is 25.3 Å². The van der Waals surface area contributed by atoms with Gasteiger partial charge >= 0.3 is 6.03 Å². The second-order valence-electron chi connectivity index (χ2n) is 6.10. The standard InChI is InChI=1S/C16H21F3N2O3/c1-24-5-4-16(2-3-16)9-20-15(23)21-13(8-22)10-6-11(17)14(19)12(18)7-10/h6-7,13,22H,2-5,8-9H2,1H3,(H2,20,21,23). The first kappa shape index (κ1) is 18.5. The Labute approximate surface area is 138 Å².